The molecule has 4 heterocycles. The van der Waals surface area contributed by atoms with Crippen LogP contribution in [0.1, 0.15) is 40.5 Å². The number of carbonyl (C=O) groups excluding carboxylic acids is 2. The molecule has 1 aliphatic heterocycles. The molecule has 194 valence electrons. The molecule has 1 saturated heterocycles. The molecule has 0 aliphatic carbocycles. The van der Waals surface area contributed by atoms with Crippen LogP contribution >= 0.6 is 11.3 Å². The van der Waals surface area contributed by atoms with Gasteiger partial charge in [-0.3, -0.25) is 14.6 Å². The van der Waals surface area contributed by atoms with Crippen molar-refractivity contribution >= 4 is 39.8 Å². The van der Waals surface area contributed by atoms with Crippen LogP contribution in [-0.4, -0.2) is 45.1 Å². The fourth-order valence-electron chi connectivity index (χ4n) is 4.56. The van der Waals surface area contributed by atoms with Crippen molar-refractivity contribution in [3.63, 3.8) is 0 Å². The van der Waals surface area contributed by atoms with Gasteiger partial charge in [0.1, 0.15) is 10.8 Å². The number of benzene rings is 1. The number of aryl methyl sites for hydroxylation is 1. The standard InChI is InChI=1S/C28H29N7O2S/c1-19-5-2-6-20(13-19)14-25(36)31-24-10-9-23(17-30-24)35-12-4-8-22(18-35)27-33-34-28(38-27)32-26(37)15-21-7-3-11-29-16-21/h2-3,5-7,9-11,13,16-17,22H,4,8,12,14-15,18H2,1H3,(H,30,31,36)(H,32,34,37). The highest BCUT2D eigenvalue weighted by atomic mass is 32.1. The molecule has 1 aliphatic rings. The van der Waals surface area contributed by atoms with Gasteiger partial charge in [0.25, 0.3) is 0 Å². The molecule has 3 aromatic heterocycles. The van der Waals surface area contributed by atoms with E-state index in [0.29, 0.717) is 17.4 Å². The zero-order valence-corrected chi connectivity index (χ0v) is 21.9. The van der Waals surface area contributed by atoms with Gasteiger partial charge in [-0.25, -0.2) is 4.98 Å². The van der Waals surface area contributed by atoms with E-state index in [2.05, 4.69) is 35.7 Å². The number of pyridine rings is 2. The van der Waals surface area contributed by atoms with Gasteiger partial charge in [0.15, 0.2) is 0 Å². The van der Waals surface area contributed by atoms with Crippen LogP contribution in [0.25, 0.3) is 0 Å². The van der Waals surface area contributed by atoms with E-state index in [1.54, 1.807) is 18.6 Å². The summed E-state index contributed by atoms with van der Waals surface area (Å²) in [6, 6.07) is 15.4. The smallest absolute Gasteiger partial charge is 0.230 e. The molecule has 0 bridgehead atoms. The van der Waals surface area contributed by atoms with Crippen molar-refractivity contribution < 1.29 is 9.59 Å². The third kappa shape index (κ3) is 6.77. The highest BCUT2D eigenvalue weighted by molar-refractivity contribution is 7.15. The van der Waals surface area contributed by atoms with Crippen LogP contribution in [0.15, 0.2) is 67.1 Å². The molecule has 2 amide bonds. The van der Waals surface area contributed by atoms with Crippen molar-refractivity contribution in [2.45, 2.75) is 38.5 Å². The number of piperidine rings is 1. The molecular formula is C28H29N7O2S. The fraction of sp³-hybridized carbons (Fsp3) is 0.286. The second-order valence-corrected chi connectivity index (χ2v) is 10.4. The molecule has 4 aromatic rings. The minimum Gasteiger partial charge on any atom is -0.370 e. The first-order chi connectivity index (χ1) is 18.5. The molecule has 0 saturated carbocycles. The number of hydrogen-bond acceptors (Lipinski definition) is 8. The molecule has 1 atom stereocenters. The van der Waals surface area contributed by atoms with Crippen molar-refractivity contribution in [3.05, 3.63) is 88.8 Å². The average molecular weight is 528 g/mol. The van der Waals surface area contributed by atoms with Gasteiger partial charge in [-0.15, -0.1) is 10.2 Å². The van der Waals surface area contributed by atoms with E-state index < -0.39 is 0 Å². The third-order valence-electron chi connectivity index (χ3n) is 6.37. The van der Waals surface area contributed by atoms with Gasteiger partial charge in [-0.2, -0.15) is 0 Å². The second kappa shape index (κ2) is 11.9. The van der Waals surface area contributed by atoms with Crippen LogP contribution in [0.3, 0.4) is 0 Å². The number of carbonyl (C=O) groups is 2. The van der Waals surface area contributed by atoms with Crippen LogP contribution in [0.5, 0.6) is 0 Å². The maximum absolute atomic E-state index is 12.4. The highest BCUT2D eigenvalue weighted by Gasteiger charge is 2.25. The SMILES string of the molecule is Cc1cccc(CC(=O)Nc2ccc(N3CCCC(c4nnc(NC(=O)Cc5cccnc5)s4)C3)cn2)c1. The quantitative estimate of drug-likeness (QED) is 0.350. The lowest BCUT2D eigenvalue weighted by atomic mass is 9.98. The molecule has 1 fully saturated rings. The molecule has 1 aromatic carbocycles. The van der Waals surface area contributed by atoms with Crippen molar-refractivity contribution in [3.8, 4) is 0 Å². The average Bonchev–Trinajstić information content (AvgIpc) is 3.38. The Morgan fingerprint density at radius 1 is 1.00 bits per heavy atom. The maximum Gasteiger partial charge on any atom is 0.230 e. The zero-order chi connectivity index (χ0) is 26.3. The molecule has 0 radical (unpaired) electrons. The van der Waals surface area contributed by atoms with Crippen molar-refractivity contribution in [1.29, 1.82) is 0 Å². The Morgan fingerprint density at radius 2 is 1.84 bits per heavy atom. The normalized spacial score (nSPS) is 15.2. The summed E-state index contributed by atoms with van der Waals surface area (Å²) in [5, 5.41) is 15.7. The Balaban J connectivity index is 1.15. The Morgan fingerprint density at radius 3 is 2.63 bits per heavy atom. The lowest BCUT2D eigenvalue weighted by molar-refractivity contribution is -0.116. The zero-order valence-electron chi connectivity index (χ0n) is 21.1. The van der Waals surface area contributed by atoms with E-state index >= 15 is 0 Å². The molecule has 2 N–H and O–H groups in total. The Kier molecular flexibility index (Phi) is 7.98. The first-order valence-electron chi connectivity index (χ1n) is 12.6. The van der Waals surface area contributed by atoms with Gasteiger partial charge in [-0.1, -0.05) is 47.2 Å². The Hall–Kier alpha value is -4.18. The number of nitrogens with zero attached hydrogens (tertiary/aromatic N) is 5. The Bertz CT molecular complexity index is 1390. The lowest BCUT2D eigenvalue weighted by Crippen LogP contribution is -2.34. The number of aromatic nitrogens is 4. The van der Waals surface area contributed by atoms with Crippen LogP contribution in [0.4, 0.5) is 16.6 Å². The first kappa shape index (κ1) is 25.5. The monoisotopic (exact) mass is 527 g/mol. The molecule has 9 nitrogen and oxygen atoms in total. The Labute approximate surface area is 225 Å². The summed E-state index contributed by atoms with van der Waals surface area (Å²) >= 11 is 1.43. The molecule has 5 rings (SSSR count). The molecule has 0 spiro atoms. The minimum atomic E-state index is -0.136. The van der Waals surface area contributed by atoms with E-state index in [1.165, 1.54) is 11.3 Å². The van der Waals surface area contributed by atoms with Gasteiger partial charge in [0, 0.05) is 31.4 Å². The summed E-state index contributed by atoms with van der Waals surface area (Å²) in [5.41, 5.74) is 3.96. The number of amides is 2. The minimum absolute atomic E-state index is 0.0894. The molecule has 1 unspecified atom stereocenters. The molecule has 10 heteroatoms. The summed E-state index contributed by atoms with van der Waals surface area (Å²) in [5.74, 6) is 0.534. The predicted octanol–water partition coefficient (Wildman–Crippen LogP) is 4.38. The summed E-state index contributed by atoms with van der Waals surface area (Å²) < 4.78 is 0. The van der Waals surface area contributed by atoms with Gasteiger partial charge >= 0.3 is 0 Å². The highest BCUT2D eigenvalue weighted by Crippen LogP contribution is 2.32. The summed E-state index contributed by atoms with van der Waals surface area (Å²) in [7, 11) is 0. The van der Waals surface area contributed by atoms with E-state index in [9.17, 15) is 9.59 Å². The van der Waals surface area contributed by atoms with E-state index in [-0.39, 0.29) is 24.2 Å². The van der Waals surface area contributed by atoms with Crippen molar-refractivity contribution in [1.82, 2.24) is 20.2 Å². The molecular weight excluding hydrogens is 498 g/mol. The third-order valence-corrected chi connectivity index (χ3v) is 7.37. The largest absolute Gasteiger partial charge is 0.370 e. The lowest BCUT2D eigenvalue weighted by Gasteiger charge is -2.33. The van der Waals surface area contributed by atoms with Gasteiger partial charge in [-0.05, 0) is 49.1 Å². The van der Waals surface area contributed by atoms with E-state index in [1.807, 2.05) is 55.5 Å². The van der Waals surface area contributed by atoms with Crippen LogP contribution in [-0.2, 0) is 22.4 Å². The van der Waals surface area contributed by atoms with E-state index in [4.69, 9.17) is 0 Å². The van der Waals surface area contributed by atoms with Gasteiger partial charge in [0.2, 0.25) is 16.9 Å². The van der Waals surface area contributed by atoms with Crippen LogP contribution in [0.2, 0.25) is 0 Å². The van der Waals surface area contributed by atoms with Crippen LogP contribution < -0.4 is 15.5 Å². The number of hydrogen-bond donors (Lipinski definition) is 2. The summed E-state index contributed by atoms with van der Waals surface area (Å²) in [6.07, 6.45) is 7.75. The maximum atomic E-state index is 12.4. The number of rotatable bonds is 8. The van der Waals surface area contributed by atoms with Gasteiger partial charge < -0.3 is 15.5 Å². The first-order valence-corrected chi connectivity index (χ1v) is 13.4. The van der Waals surface area contributed by atoms with Gasteiger partial charge in [0.05, 0.1) is 24.7 Å². The van der Waals surface area contributed by atoms with Crippen molar-refractivity contribution in [2.75, 3.05) is 28.6 Å². The van der Waals surface area contributed by atoms with E-state index in [0.717, 1.165) is 53.3 Å². The molecule has 38 heavy (non-hydrogen) atoms. The summed E-state index contributed by atoms with van der Waals surface area (Å²) in [4.78, 5) is 35.6. The predicted molar refractivity (Wildman–Crippen MR) is 148 cm³/mol. The summed E-state index contributed by atoms with van der Waals surface area (Å²) in [6.45, 7) is 3.73. The number of anilines is 3. The number of nitrogens with one attached hydrogen (secondary N) is 2. The second-order valence-electron chi connectivity index (χ2n) is 9.43. The topological polar surface area (TPSA) is 113 Å². The van der Waals surface area contributed by atoms with Crippen LogP contribution in [0, 0.1) is 6.92 Å². The van der Waals surface area contributed by atoms with Crippen molar-refractivity contribution in [2.24, 2.45) is 0 Å². The fourth-order valence-corrected chi connectivity index (χ4v) is 5.44.